The van der Waals surface area contributed by atoms with Crippen LogP contribution in [0.1, 0.15) is 30.1 Å². The van der Waals surface area contributed by atoms with Gasteiger partial charge in [0.25, 0.3) is 0 Å². The lowest BCUT2D eigenvalue weighted by molar-refractivity contribution is 0.0694. The van der Waals surface area contributed by atoms with Crippen LogP contribution in [-0.2, 0) is 0 Å². The Morgan fingerprint density at radius 2 is 2.12 bits per heavy atom. The summed E-state index contributed by atoms with van der Waals surface area (Å²) in [6.07, 6.45) is 2.15. The summed E-state index contributed by atoms with van der Waals surface area (Å²) in [5, 5.41) is 18.2. The van der Waals surface area contributed by atoms with Gasteiger partial charge in [-0.05, 0) is 24.6 Å². The van der Waals surface area contributed by atoms with E-state index >= 15 is 0 Å². The Kier molecular flexibility index (Phi) is 4.17. The number of hydrogen-bond acceptors (Lipinski definition) is 3. The maximum Gasteiger partial charge on any atom is 0.339 e. The highest BCUT2D eigenvalue weighted by Gasteiger charge is 2.11. The Morgan fingerprint density at radius 1 is 1.44 bits per heavy atom. The zero-order valence-electron chi connectivity index (χ0n) is 9.60. The number of nitrogens with zero attached hydrogens (tertiary/aromatic N) is 1. The third-order valence-corrected chi connectivity index (χ3v) is 2.50. The molecule has 0 amide bonds. The van der Waals surface area contributed by atoms with Gasteiger partial charge in [-0.15, -0.1) is 0 Å². The minimum Gasteiger partial charge on any atom is -0.507 e. The molecule has 0 radical (unpaired) electrons. The first-order valence-corrected chi connectivity index (χ1v) is 5.33. The number of hydrogen-bond donors (Lipinski definition) is 2. The fraction of sp³-hybridized carbons (Fsp3) is 0.417. The molecule has 0 aliphatic rings. The second-order valence-corrected chi connectivity index (χ2v) is 3.78. The van der Waals surface area contributed by atoms with Crippen molar-refractivity contribution in [3.8, 4) is 5.75 Å². The maximum absolute atomic E-state index is 10.8. The van der Waals surface area contributed by atoms with E-state index in [1.165, 1.54) is 12.1 Å². The smallest absolute Gasteiger partial charge is 0.339 e. The minimum atomic E-state index is -1.11. The van der Waals surface area contributed by atoms with Crippen molar-refractivity contribution < 1.29 is 15.0 Å². The van der Waals surface area contributed by atoms with E-state index in [9.17, 15) is 9.90 Å². The normalized spacial score (nSPS) is 10.1. The van der Waals surface area contributed by atoms with Crippen LogP contribution in [0.15, 0.2) is 18.2 Å². The van der Waals surface area contributed by atoms with E-state index < -0.39 is 5.97 Å². The first kappa shape index (κ1) is 12.4. The lowest BCUT2D eigenvalue weighted by Crippen LogP contribution is -2.18. The standard InChI is InChI=1S/C12H17NO3/c1-3-4-7-13(2)9-5-6-11(14)10(8-9)12(15)16/h5-6,8,14H,3-4,7H2,1-2H3,(H,15,16). The zero-order chi connectivity index (χ0) is 12.1. The molecule has 0 aromatic heterocycles. The molecule has 1 rings (SSSR count). The van der Waals surface area contributed by atoms with Crippen LogP contribution in [0, 0.1) is 0 Å². The fourth-order valence-electron chi connectivity index (χ4n) is 1.46. The molecule has 0 aliphatic heterocycles. The molecule has 16 heavy (non-hydrogen) atoms. The van der Waals surface area contributed by atoms with Gasteiger partial charge < -0.3 is 15.1 Å². The van der Waals surface area contributed by atoms with Crippen LogP contribution in [0.4, 0.5) is 5.69 Å². The van der Waals surface area contributed by atoms with E-state index in [1.54, 1.807) is 6.07 Å². The quantitative estimate of drug-likeness (QED) is 0.804. The number of unbranched alkanes of at least 4 members (excludes halogenated alkanes) is 1. The third-order valence-electron chi connectivity index (χ3n) is 2.50. The van der Waals surface area contributed by atoms with Crippen LogP contribution in [0.3, 0.4) is 0 Å². The Morgan fingerprint density at radius 3 is 2.69 bits per heavy atom. The molecule has 0 saturated carbocycles. The van der Waals surface area contributed by atoms with Crippen LogP contribution in [0.5, 0.6) is 5.75 Å². The average Bonchev–Trinajstić information content (AvgIpc) is 2.26. The first-order valence-electron chi connectivity index (χ1n) is 5.33. The maximum atomic E-state index is 10.8. The number of carboxylic acid groups (broad SMARTS) is 1. The molecule has 0 fully saturated rings. The molecule has 0 saturated heterocycles. The molecule has 1 aromatic carbocycles. The monoisotopic (exact) mass is 223 g/mol. The predicted molar refractivity (Wildman–Crippen MR) is 63.2 cm³/mol. The summed E-state index contributed by atoms with van der Waals surface area (Å²) in [5.41, 5.74) is 0.754. The number of carboxylic acids is 1. The van der Waals surface area contributed by atoms with Gasteiger partial charge in [0.15, 0.2) is 0 Å². The summed E-state index contributed by atoms with van der Waals surface area (Å²) in [4.78, 5) is 12.8. The van der Waals surface area contributed by atoms with Gasteiger partial charge in [-0.3, -0.25) is 0 Å². The van der Waals surface area contributed by atoms with Gasteiger partial charge in [-0.25, -0.2) is 4.79 Å². The molecule has 0 atom stereocenters. The van der Waals surface area contributed by atoms with E-state index in [1.807, 2.05) is 11.9 Å². The summed E-state index contributed by atoms with van der Waals surface area (Å²) in [6, 6.07) is 4.63. The number of benzene rings is 1. The summed E-state index contributed by atoms with van der Waals surface area (Å²) in [7, 11) is 1.91. The van der Waals surface area contributed by atoms with Crippen molar-refractivity contribution >= 4 is 11.7 Å². The lowest BCUT2D eigenvalue weighted by atomic mass is 10.1. The molecule has 4 heteroatoms. The molecule has 1 aromatic rings. The van der Waals surface area contributed by atoms with Crippen molar-refractivity contribution in [1.82, 2.24) is 0 Å². The van der Waals surface area contributed by atoms with Crippen LogP contribution in [0.25, 0.3) is 0 Å². The van der Waals surface area contributed by atoms with Gasteiger partial charge in [0.05, 0.1) is 0 Å². The number of aromatic hydroxyl groups is 1. The summed E-state index contributed by atoms with van der Waals surface area (Å²) >= 11 is 0. The molecule has 4 nitrogen and oxygen atoms in total. The van der Waals surface area contributed by atoms with Crippen molar-refractivity contribution in [2.24, 2.45) is 0 Å². The largest absolute Gasteiger partial charge is 0.507 e. The number of rotatable bonds is 5. The van der Waals surface area contributed by atoms with Crippen molar-refractivity contribution in [3.63, 3.8) is 0 Å². The summed E-state index contributed by atoms with van der Waals surface area (Å²) in [5.74, 6) is -1.30. The Bertz CT molecular complexity index is 377. The summed E-state index contributed by atoms with van der Waals surface area (Å²) in [6.45, 7) is 2.98. The van der Waals surface area contributed by atoms with Gasteiger partial charge in [0.1, 0.15) is 11.3 Å². The second kappa shape index (κ2) is 5.39. The second-order valence-electron chi connectivity index (χ2n) is 3.78. The number of carbonyl (C=O) groups is 1. The van der Waals surface area contributed by atoms with Crippen molar-refractivity contribution in [3.05, 3.63) is 23.8 Å². The Balaban J connectivity index is 2.89. The molecular formula is C12H17NO3. The van der Waals surface area contributed by atoms with E-state index in [0.29, 0.717) is 0 Å². The van der Waals surface area contributed by atoms with Crippen molar-refractivity contribution in [2.45, 2.75) is 19.8 Å². The van der Waals surface area contributed by atoms with Crippen molar-refractivity contribution in [1.29, 1.82) is 0 Å². The molecule has 0 unspecified atom stereocenters. The average molecular weight is 223 g/mol. The molecule has 0 bridgehead atoms. The predicted octanol–water partition coefficient (Wildman–Crippen LogP) is 2.33. The molecular weight excluding hydrogens is 206 g/mol. The number of anilines is 1. The molecule has 0 aliphatic carbocycles. The minimum absolute atomic E-state index is 0.0548. The lowest BCUT2D eigenvalue weighted by Gasteiger charge is -2.19. The molecule has 88 valence electrons. The van der Waals surface area contributed by atoms with Gasteiger partial charge in [-0.2, -0.15) is 0 Å². The van der Waals surface area contributed by atoms with Gasteiger partial charge >= 0.3 is 5.97 Å². The Hall–Kier alpha value is -1.71. The molecule has 0 spiro atoms. The van der Waals surface area contributed by atoms with Crippen molar-refractivity contribution in [2.75, 3.05) is 18.5 Å². The van der Waals surface area contributed by atoms with Crippen LogP contribution in [0.2, 0.25) is 0 Å². The molecule has 2 N–H and O–H groups in total. The summed E-state index contributed by atoms with van der Waals surface area (Å²) < 4.78 is 0. The SMILES string of the molecule is CCCCN(C)c1ccc(O)c(C(=O)O)c1. The zero-order valence-corrected chi connectivity index (χ0v) is 9.60. The van der Waals surface area contributed by atoms with E-state index in [-0.39, 0.29) is 11.3 Å². The van der Waals surface area contributed by atoms with Crippen LogP contribution in [-0.4, -0.2) is 29.8 Å². The number of aromatic carboxylic acids is 1. The van der Waals surface area contributed by atoms with E-state index in [0.717, 1.165) is 25.1 Å². The van der Waals surface area contributed by atoms with E-state index in [2.05, 4.69) is 6.92 Å². The first-order chi connectivity index (χ1) is 7.56. The van der Waals surface area contributed by atoms with Gasteiger partial charge in [0, 0.05) is 19.3 Å². The van der Waals surface area contributed by atoms with E-state index in [4.69, 9.17) is 5.11 Å². The van der Waals surface area contributed by atoms with Crippen LogP contribution >= 0.6 is 0 Å². The molecule has 0 heterocycles. The topological polar surface area (TPSA) is 60.8 Å². The Labute approximate surface area is 95.1 Å². The van der Waals surface area contributed by atoms with Gasteiger partial charge in [0.2, 0.25) is 0 Å². The highest BCUT2D eigenvalue weighted by molar-refractivity contribution is 5.92. The highest BCUT2D eigenvalue weighted by atomic mass is 16.4. The third kappa shape index (κ3) is 2.89. The number of phenols is 1. The van der Waals surface area contributed by atoms with Crippen LogP contribution < -0.4 is 4.90 Å². The van der Waals surface area contributed by atoms with Gasteiger partial charge in [-0.1, -0.05) is 13.3 Å². The highest BCUT2D eigenvalue weighted by Crippen LogP contribution is 2.23. The fourth-order valence-corrected chi connectivity index (χ4v) is 1.46.